The summed E-state index contributed by atoms with van der Waals surface area (Å²) >= 11 is 5.85. The first-order valence-corrected chi connectivity index (χ1v) is 6.61. The highest BCUT2D eigenvalue weighted by atomic mass is 35.5. The van der Waals surface area contributed by atoms with Crippen molar-refractivity contribution in [3.05, 3.63) is 69.1 Å². The second-order valence-corrected chi connectivity index (χ2v) is 4.57. The molecule has 5 heteroatoms. The van der Waals surface area contributed by atoms with Gasteiger partial charge in [-0.15, -0.1) is 0 Å². The summed E-state index contributed by atoms with van der Waals surface area (Å²) in [6.45, 7) is 2.24. The van der Waals surface area contributed by atoms with Gasteiger partial charge in [-0.25, -0.2) is 4.79 Å². The summed E-state index contributed by atoms with van der Waals surface area (Å²) in [5.74, 6) is -0.530. The quantitative estimate of drug-likeness (QED) is 0.814. The molecule has 0 fully saturated rings. The molecule has 0 bridgehead atoms. The van der Waals surface area contributed by atoms with Gasteiger partial charge < -0.3 is 4.74 Å². The summed E-state index contributed by atoms with van der Waals surface area (Å²) in [4.78, 5) is 24.0. The molecule has 0 spiro atoms. The van der Waals surface area contributed by atoms with E-state index < -0.39 is 11.5 Å². The molecule has 4 nitrogen and oxygen atoms in total. The van der Waals surface area contributed by atoms with Gasteiger partial charge >= 0.3 is 5.97 Å². The van der Waals surface area contributed by atoms with Gasteiger partial charge in [0.15, 0.2) is 0 Å². The van der Waals surface area contributed by atoms with Crippen molar-refractivity contribution >= 4 is 17.6 Å². The van der Waals surface area contributed by atoms with Crippen LogP contribution in [0, 0.1) is 0 Å². The molecule has 0 unspecified atom stereocenters. The van der Waals surface area contributed by atoms with E-state index in [1.165, 1.54) is 16.7 Å². The molecule has 0 saturated heterocycles. The van der Waals surface area contributed by atoms with E-state index in [1.807, 2.05) is 30.3 Å². The number of hydrogen-bond donors (Lipinski definition) is 0. The van der Waals surface area contributed by atoms with E-state index in [0.29, 0.717) is 0 Å². The molecule has 2 rings (SSSR count). The molecule has 0 aliphatic carbocycles. The first kappa shape index (κ1) is 14.3. The van der Waals surface area contributed by atoms with Crippen molar-refractivity contribution in [1.29, 1.82) is 0 Å². The Kier molecular flexibility index (Phi) is 4.58. The standard InChI is InChI=1S/C15H14ClNO3/c1-2-20-15(19)13-9-8-12(16)14(18)17(13)10-11-6-4-3-5-7-11/h3-9H,2,10H2,1H3. The number of nitrogens with zero attached hydrogens (tertiary/aromatic N) is 1. The molecule has 20 heavy (non-hydrogen) atoms. The molecular weight excluding hydrogens is 278 g/mol. The smallest absolute Gasteiger partial charge is 0.355 e. The first-order valence-electron chi connectivity index (χ1n) is 6.24. The Bertz CT molecular complexity index is 665. The Labute approximate surface area is 121 Å². The largest absolute Gasteiger partial charge is 0.461 e. The average molecular weight is 292 g/mol. The van der Waals surface area contributed by atoms with Crippen molar-refractivity contribution in [2.45, 2.75) is 13.5 Å². The molecule has 0 N–H and O–H groups in total. The summed E-state index contributed by atoms with van der Waals surface area (Å²) < 4.78 is 6.29. The Morgan fingerprint density at radius 2 is 1.90 bits per heavy atom. The van der Waals surface area contributed by atoms with Crippen LogP contribution in [0.1, 0.15) is 23.0 Å². The number of benzene rings is 1. The van der Waals surface area contributed by atoms with E-state index >= 15 is 0 Å². The third-order valence-corrected chi connectivity index (χ3v) is 3.08. The molecule has 104 valence electrons. The SMILES string of the molecule is CCOC(=O)c1ccc(Cl)c(=O)n1Cc1ccccc1. The third kappa shape index (κ3) is 3.08. The molecule has 1 aromatic carbocycles. The van der Waals surface area contributed by atoms with E-state index in [0.717, 1.165) is 5.56 Å². The number of halogens is 1. The van der Waals surface area contributed by atoms with Gasteiger partial charge in [0.1, 0.15) is 10.7 Å². The van der Waals surface area contributed by atoms with Gasteiger partial charge in [-0.1, -0.05) is 41.9 Å². The summed E-state index contributed by atoms with van der Waals surface area (Å²) in [5, 5.41) is 0.0778. The molecule has 1 aromatic heterocycles. The maximum Gasteiger partial charge on any atom is 0.355 e. The van der Waals surface area contributed by atoms with E-state index in [4.69, 9.17) is 16.3 Å². The fourth-order valence-electron chi connectivity index (χ4n) is 1.86. The number of carbonyl (C=O) groups is 1. The Morgan fingerprint density at radius 1 is 1.20 bits per heavy atom. The lowest BCUT2D eigenvalue weighted by molar-refractivity contribution is 0.0512. The number of aromatic nitrogens is 1. The predicted octanol–water partition coefficient (Wildman–Crippen LogP) is 2.73. The fourth-order valence-corrected chi connectivity index (χ4v) is 2.02. The molecule has 0 amide bonds. The number of pyridine rings is 1. The lowest BCUT2D eigenvalue weighted by Gasteiger charge is -2.12. The van der Waals surface area contributed by atoms with Gasteiger partial charge in [0.05, 0.1) is 13.2 Å². The van der Waals surface area contributed by atoms with Gasteiger partial charge in [-0.2, -0.15) is 0 Å². The van der Waals surface area contributed by atoms with Gasteiger partial charge in [0.2, 0.25) is 0 Å². The van der Waals surface area contributed by atoms with Crippen LogP contribution in [-0.2, 0) is 11.3 Å². The highest BCUT2D eigenvalue weighted by Crippen LogP contribution is 2.09. The van der Waals surface area contributed by atoms with Crippen LogP contribution in [0.4, 0.5) is 0 Å². The Balaban J connectivity index is 2.46. The fraction of sp³-hybridized carbons (Fsp3) is 0.200. The van der Waals surface area contributed by atoms with Crippen LogP contribution in [-0.4, -0.2) is 17.1 Å². The van der Waals surface area contributed by atoms with Crippen LogP contribution in [0.3, 0.4) is 0 Å². The highest BCUT2D eigenvalue weighted by molar-refractivity contribution is 6.30. The lowest BCUT2D eigenvalue weighted by atomic mass is 10.2. The topological polar surface area (TPSA) is 48.3 Å². The van der Waals surface area contributed by atoms with E-state index in [9.17, 15) is 9.59 Å². The summed E-state index contributed by atoms with van der Waals surface area (Å²) in [5.41, 5.74) is 0.702. The molecule has 0 aliphatic heterocycles. The van der Waals surface area contributed by atoms with Crippen molar-refractivity contribution in [3.63, 3.8) is 0 Å². The minimum atomic E-state index is -0.530. The van der Waals surface area contributed by atoms with Crippen LogP contribution in [0.25, 0.3) is 0 Å². The molecule has 1 heterocycles. The van der Waals surface area contributed by atoms with Crippen molar-refractivity contribution in [1.82, 2.24) is 4.57 Å². The number of ether oxygens (including phenoxy) is 1. The minimum absolute atomic E-state index is 0.0778. The zero-order chi connectivity index (χ0) is 14.5. The maximum atomic E-state index is 12.1. The zero-order valence-corrected chi connectivity index (χ0v) is 11.8. The molecule has 0 aliphatic rings. The van der Waals surface area contributed by atoms with Crippen LogP contribution in [0.5, 0.6) is 0 Å². The normalized spacial score (nSPS) is 10.3. The first-order chi connectivity index (χ1) is 9.63. The predicted molar refractivity (Wildman–Crippen MR) is 77.2 cm³/mol. The number of carbonyl (C=O) groups excluding carboxylic acids is 1. The van der Waals surface area contributed by atoms with E-state index in [-0.39, 0.29) is 23.9 Å². The summed E-state index contributed by atoms with van der Waals surface area (Å²) in [7, 11) is 0. The Morgan fingerprint density at radius 3 is 2.55 bits per heavy atom. The molecule has 0 atom stereocenters. The van der Waals surface area contributed by atoms with Crippen molar-refractivity contribution in [2.75, 3.05) is 6.61 Å². The summed E-state index contributed by atoms with van der Waals surface area (Å²) in [6.07, 6.45) is 0. The number of esters is 1. The van der Waals surface area contributed by atoms with Crippen molar-refractivity contribution < 1.29 is 9.53 Å². The zero-order valence-electron chi connectivity index (χ0n) is 11.0. The molecule has 2 aromatic rings. The van der Waals surface area contributed by atoms with Crippen LogP contribution >= 0.6 is 11.6 Å². The average Bonchev–Trinajstić information content (AvgIpc) is 2.45. The van der Waals surface area contributed by atoms with Gasteiger partial charge in [0.25, 0.3) is 5.56 Å². The van der Waals surface area contributed by atoms with Crippen LogP contribution < -0.4 is 5.56 Å². The van der Waals surface area contributed by atoms with Crippen molar-refractivity contribution in [3.8, 4) is 0 Å². The monoisotopic (exact) mass is 291 g/mol. The van der Waals surface area contributed by atoms with Gasteiger partial charge in [-0.3, -0.25) is 9.36 Å². The van der Waals surface area contributed by atoms with Crippen LogP contribution in [0.15, 0.2) is 47.3 Å². The maximum absolute atomic E-state index is 12.1. The van der Waals surface area contributed by atoms with Gasteiger partial charge in [0, 0.05) is 0 Å². The molecular formula is C15H14ClNO3. The number of hydrogen-bond acceptors (Lipinski definition) is 3. The van der Waals surface area contributed by atoms with Gasteiger partial charge in [-0.05, 0) is 24.6 Å². The Hall–Kier alpha value is -2.07. The van der Waals surface area contributed by atoms with E-state index in [2.05, 4.69) is 0 Å². The molecule has 0 saturated carbocycles. The van der Waals surface area contributed by atoms with Crippen LogP contribution in [0.2, 0.25) is 5.02 Å². The number of rotatable bonds is 4. The molecule has 0 radical (unpaired) electrons. The van der Waals surface area contributed by atoms with Crippen molar-refractivity contribution in [2.24, 2.45) is 0 Å². The summed E-state index contributed by atoms with van der Waals surface area (Å²) in [6, 6.07) is 12.3. The highest BCUT2D eigenvalue weighted by Gasteiger charge is 2.15. The third-order valence-electron chi connectivity index (χ3n) is 2.80. The minimum Gasteiger partial charge on any atom is -0.461 e. The lowest BCUT2D eigenvalue weighted by Crippen LogP contribution is -2.27. The second-order valence-electron chi connectivity index (χ2n) is 4.16. The van der Waals surface area contributed by atoms with E-state index in [1.54, 1.807) is 6.92 Å². The second kappa shape index (κ2) is 6.39.